The van der Waals surface area contributed by atoms with E-state index in [0.29, 0.717) is 26.3 Å². The molecule has 0 unspecified atom stereocenters. The molecular formula is C11H17NO5. The first-order valence-electron chi connectivity index (χ1n) is 5.49. The van der Waals surface area contributed by atoms with Crippen molar-refractivity contribution in [1.29, 1.82) is 0 Å². The van der Waals surface area contributed by atoms with Gasteiger partial charge in [-0.15, -0.1) is 0 Å². The van der Waals surface area contributed by atoms with Crippen LogP contribution in [0.5, 0.6) is 0 Å². The molecule has 1 heterocycles. The summed E-state index contributed by atoms with van der Waals surface area (Å²) >= 11 is 0. The van der Waals surface area contributed by atoms with E-state index in [4.69, 9.17) is 9.47 Å². The monoisotopic (exact) mass is 243 g/mol. The van der Waals surface area contributed by atoms with Crippen molar-refractivity contribution >= 4 is 11.9 Å². The summed E-state index contributed by atoms with van der Waals surface area (Å²) in [6.45, 7) is 3.45. The molecule has 0 aromatic rings. The first-order valence-corrected chi connectivity index (χ1v) is 5.49. The third kappa shape index (κ3) is 3.97. The van der Waals surface area contributed by atoms with E-state index >= 15 is 0 Å². The van der Waals surface area contributed by atoms with Crippen LogP contribution in [0.1, 0.15) is 13.3 Å². The summed E-state index contributed by atoms with van der Waals surface area (Å²) < 4.78 is 14.7. The van der Waals surface area contributed by atoms with Crippen LogP contribution < -0.4 is 0 Å². The minimum atomic E-state index is -0.342. The number of amides is 1. The summed E-state index contributed by atoms with van der Waals surface area (Å²) in [7, 11) is 1.32. The first-order chi connectivity index (χ1) is 8.19. The molecule has 1 aliphatic rings. The Balaban J connectivity index is 2.51. The number of carbonyl (C=O) groups is 2. The minimum absolute atomic E-state index is 0.171. The lowest BCUT2D eigenvalue weighted by Crippen LogP contribution is -2.35. The molecular weight excluding hydrogens is 226 g/mol. The number of ether oxygens (including phenoxy) is 3. The SMILES string of the molecule is CCN(CCC(=O)OC)C(=O)C1=COCCO1. The Morgan fingerprint density at radius 3 is 2.76 bits per heavy atom. The topological polar surface area (TPSA) is 65.1 Å². The molecule has 0 saturated heterocycles. The number of rotatable bonds is 5. The zero-order chi connectivity index (χ0) is 12.7. The Labute approximate surface area is 100 Å². The maximum absolute atomic E-state index is 11.9. The molecule has 0 aromatic heterocycles. The Morgan fingerprint density at radius 2 is 2.24 bits per heavy atom. The molecule has 1 rings (SSSR count). The van der Waals surface area contributed by atoms with Gasteiger partial charge in [-0.3, -0.25) is 9.59 Å². The minimum Gasteiger partial charge on any atom is -0.494 e. The van der Waals surface area contributed by atoms with Gasteiger partial charge in [0.25, 0.3) is 5.91 Å². The molecule has 17 heavy (non-hydrogen) atoms. The van der Waals surface area contributed by atoms with Crippen LogP contribution in [0, 0.1) is 0 Å². The molecule has 0 bridgehead atoms. The molecule has 1 amide bonds. The quantitative estimate of drug-likeness (QED) is 0.649. The molecule has 96 valence electrons. The third-order valence-corrected chi connectivity index (χ3v) is 2.34. The van der Waals surface area contributed by atoms with E-state index < -0.39 is 0 Å². The summed E-state index contributed by atoms with van der Waals surface area (Å²) in [6, 6.07) is 0. The largest absolute Gasteiger partial charge is 0.494 e. The average Bonchev–Trinajstić information content (AvgIpc) is 2.39. The van der Waals surface area contributed by atoms with Gasteiger partial charge in [-0.25, -0.2) is 0 Å². The highest BCUT2D eigenvalue weighted by atomic mass is 16.6. The Morgan fingerprint density at radius 1 is 1.47 bits per heavy atom. The molecule has 6 heteroatoms. The maximum Gasteiger partial charge on any atom is 0.307 e. The summed E-state index contributed by atoms with van der Waals surface area (Å²) in [5.41, 5.74) is 0. The molecule has 1 aliphatic heterocycles. The summed E-state index contributed by atoms with van der Waals surface area (Å²) in [5.74, 6) is -0.426. The second-order valence-electron chi connectivity index (χ2n) is 3.41. The molecule has 0 radical (unpaired) electrons. The van der Waals surface area contributed by atoms with Crippen molar-refractivity contribution in [3.8, 4) is 0 Å². The number of hydrogen-bond acceptors (Lipinski definition) is 5. The predicted octanol–water partition coefficient (Wildman–Crippen LogP) is 0.286. The van der Waals surface area contributed by atoms with Gasteiger partial charge >= 0.3 is 5.97 Å². The van der Waals surface area contributed by atoms with Gasteiger partial charge in [0.15, 0.2) is 0 Å². The van der Waals surface area contributed by atoms with Crippen LogP contribution in [-0.2, 0) is 23.8 Å². The third-order valence-electron chi connectivity index (χ3n) is 2.34. The van der Waals surface area contributed by atoms with Crippen LogP contribution in [0.15, 0.2) is 12.0 Å². The average molecular weight is 243 g/mol. The second kappa shape index (κ2) is 6.78. The predicted molar refractivity (Wildman–Crippen MR) is 58.9 cm³/mol. The van der Waals surface area contributed by atoms with Crippen molar-refractivity contribution in [2.75, 3.05) is 33.4 Å². The zero-order valence-electron chi connectivity index (χ0n) is 10.1. The Kier molecular flexibility index (Phi) is 5.32. The lowest BCUT2D eigenvalue weighted by molar-refractivity contribution is -0.141. The van der Waals surface area contributed by atoms with E-state index in [1.165, 1.54) is 18.3 Å². The fourth-order valence-corrected chi connectivity index (χ4v) is 1.37. The molecule has 0 saturated carbocycles. The fourth-order valence-electron chi connectivity index (χ4n) is 1.37. The fraction of sp³-hybridized carbons (Fsp3) is 0.636. The second-order valence-corrected chi connectivity index (χ2v) is 3.41. The first kappa shape index (κ1) is 13.3. The van der Waals surface area contributed by atoms with Gasteiger partial charge in [0.05, 0.1) is 13.5 Å². The molecule has 0 atom stereocenters. The number of hydrogen-bond donors (Lipinski definition) is 0. The van der Waals surface area contributed by atoms with Gasteiger partial charge in [0.2, 0.25) is 5.76 Å². The lowest BCUT2D eigenvalue weighted by atomic mass is 10.3. The molecule has 0 spiro atoms. The van der Waals surface area contributed by atoms with E-state index in [1.54, 1.807) is 0 Å². The number of carbonyl (C=O) groups excluding carboxylic acids is 2. The van der Waals surface area contributed by atoms with Crippen LogP contribution in [0.2, 0.25) is 0 Å². The standard InChI is InChI=1S/C11H17NO5/c1-3-12(5-4-10(13)15-2)11(14)9-8-16-6-7-17-9/h8H,3-7H2,1-2H3. The number of methoxy groups -OCH3 is 1. The van der Waals surface area contributed by atoms with E-state index in [-0.39, 0.29) is 24.1 Å². The molecule has 0 aliphatic carbocycles. The van der Waals surface area contributed by atoms with E-state index in [0.717, 1.165) is 0 Å². The van der Waals surface area contributed by atoms with Crippen LogP contribution in [0.25, 0.3) is 0 Å². The van der Waals surface area contributed by atoms with Gasteiger partial charge in [-0.1, -0.05) is 0 Å². The molecule has 0 N–H and O–H groups in total. The highest BCUT2D eigenvalue weighted by Gasteiger charge is 2.21. The summed E-state index contributed by atoms with van der Waals surface area (Å²) in [5, 5.41) is 0. The van der Waals surface area contributed by atoms with E-state index in [1.807, 2.05) is 6.92 Å². The van der Waals surface area contributed by atoms with Crippen LogP contribution in [0.3, 0.4) is 0 Å². The van der Waals surface area contributed by atoms with E-state index in [2.05, 4.69) is 4.74 Å². The normalized spacial score (nSPS) is 14.1. The van der Waals surface area contributed by atoms with Crippen LogP contribution in [0.4, 0.5) is 0 Å². The Bertz CT molecular complexity index is 313. The van der Waals surface area contributed by atoms with E-state index in [9.17, 15) is 9.59 Å². The highest BCUT2D eigenvalue weighted by molar-refractivity contribution is 5.91. The van der Waals surface area contributed by atoms with Crippen molar-refractivity contribution in [3.63, 3.8) is 0 Å². The lowest BCUT2D eigenvalue weighted by Gasteiger charge is -2.23. The summed E-state index contributed by atoms with van der Waals surface area (Å²) in [4.78, 5) is 24.4. The van der Waals surface area contributed by atoms with Gasteiger partial charge in [0.1, 0.15) is 19.5 Å². The van der Waals surface area contributed by atoms with Crippen molar-refractivity contribution < 1.29 is 23.8 Å². The van der Waals surface area contributed by atoms with Gasteiger partial charge in [0, 0.05) is 13.1 Å². The zero-order valence-corrected chi connectivity index (χ0v) is 10.1. The van der Waals surface area contributed by atoms with Crippen LogP contribution in [-0.4, -0.2) is 50.2 Å². The summed E-state index contributed by atoms with van der Waals surface area (Å²) in [6.07, 6.45) is 1.48. The molecule has 0 fully saturated rings. The van der Waals surface area contributed by atoms with Crippen LogP contribution >= 0.6 is 0 Å². The highest BCUT2D eigenvalue weighted by Crippen LogP contribution is 2.09. The van der Waals surface area contributed by atoms with Crippen molar-refractivity contribution in [1.82, 2.24) is 4.90 Å². The van der Waals surface area contributed by atoms with Crippen molar-refractivity contribution in [3.05, 3.63) is 12.0 Å². The molecule has 6 nitrogen and oxygen atoms in total. The Hall–Kier alpha value is -1.72. The van der Waals surface area contributed by atoms with Gasteiger partial charge in [-0.2, -0.15) is 0 Å². The number of esters is 1. The number of likely N-dealkylation sites (N-methyl/N-ethyl adjacent to an activating group) is 1. The number of nitrogens with zero attached hydrogens (tertiary/aromatic N) is 1. The van der Waals surface area contributed by atoms with Crippen molar-refractivity contribution in [2.45, 2.75) is 13.3 Å². The molecule has 0 aromatic carbocycles. The maximum atomic E-state index is 11.9. The smallest absolute Gasteiger partial charge is 0.307 e. The van der Waals surface area contributed by atoms with Crippen molar-refractivity contribution in [2.24, 2.45) is 0 Å². The van der Waals surface area contributed by atoms with Gasteiger partial charge in [-0.05, 0) is 6.92 Å². The van der Waals surface area contributed by atoms with Gasteiger partial charge < -0.3 is 19.1 Å².